The standard InChI is InChI=1S/2C23H20BrN2O2.Co/c2*1-27-21-11-7-19(8-12-21)25-16-15-23(17-3-5-18(24)6-4-17)26-20-9-13-22(28-2)14-10-20;/h2*3-16H,1-2H3;/q2*-1;+2. The van der Waals surface area contributed by atoms with Crippen molar-refractivity contribution >= 4 is 78.4 Å². The first-order valence-electron chi connectivity index (χ1n) is 17.4. The van der Waals surface area contributed by atoms with E-state index in [1.807, 2.05) is 158 Å². The van der Waals surface area contributed by atoms with E-state index in [4.69, 9.17) is 29.6 Å². The van der Waals surface area contributed by atoms with Crippen LogP contribution in [0, 0.1) is 0 Å². The quantitative estimate of drug-likeness (QED) is 0.102. The van der Waals surface area contributed by atoms with Crippen molar-refractivity contribution in [2.45, 2.75) is 0 Å². The van der Waals surface area contributed by atoms with Crippen molar-refractivity contribution in [1.29, 1.82) is 0 Å². The van der Waals surface area contributed by atoms with Crippen LogP contribution < -0.4 is 18.9 Å². The van der Waals surface area contributed by atoms with E-state index >= 15 is 0 Å². The van der Waals surface area contributed by atoms with Crippen LogP contribution in [0.25, 0.3) is 22.0 Å². The Kier molecular flexibility index (Phi) is 18.2. The molecule has 291 valence electrons. The second-order valence-electron chi connectivity index (χ2n) is 11.7. The van der Waals surface area contributed by atoms with Crippen molar-refractivity contribution in [3.05, 3.63) is 188 Å². The van der Waals surface area contributed by atoms with Gasteiger partial charge in [0, 0.05) is 21.4 Å². The number of halogens is 2. The first kappa shape index (κ1) is 44.1. The summed E-state index contributed by atoms with van der Waals surface area (Å²) in [5.74, 6) is 3.21. The van der Waals surface area contributed by atoms with Gasteiger partial charge in [-0.25, -0.2) is 0 Å². The van der Waals surface area contributed by atoms with Gasteiger partial charge in [0.15, 0.2) is 0 Å². The largest absolute Gasteiger partial charge is 2.00 e. The molecule has 0 amide bonds. The summed E-state index contributed by atoms with van der Waals surface area (Å²) in [5.41, 5.74) is 7.00. The predicted molar refractivity (Wildman–Crippen MR) is 239 cm³/mol. The van der Waals surface area contributed by atoms with E-state index < -0.39 is 0 Å². The van der Waals surface area contributed by atoms with E-state index in [0.29, 0.717) is 0 Å². The van der Waals surface area contributed by atoms with Crippen LogP contribution in [0.15, 0.2) is 177 Å². The number of aliphatic imine (C=N–C) groups is 2. The molecule has 0 aromatic heterocycles. The Morgan fingerprint density at radius 1 is 0.421 bits per heavy atom. The molecule has 57 heavy (non-hydrogen) atoms. The molecule has 0 spiro atoms. The molecule has 0 N–H and O–H groups in total. The van der Waals surface area contributed by atoms with Gasteiger partial charge in [-0.15, -0.1) is 22.8 Å². The van der Waals surface area contributed by atoms with Crippen molar-refractivity contribution in [2.24, 2.45) is 9.98 Å². The number of hydrogen-bond donors (Lipinski definition) is 0. The Hall–Kier alpha value is -5.59. The van der Waals surface area contributed by atoms with E-state index in [9.17, 15) is 0 Å². The van der Waals surface area contributed by atoms with Gasteiger partial charge >= 0.3 is 16.8 Å². The fraction of sp³-hybridized carbons (Fsp3) is 0.0870. The molecule has 0 unspecified atom stereocenters. The maximum Gasteiger partial charge on any atom is 2.00 e. The summed E-state index contributed by atoms with van der Waals surface area (Å²) in [6.07, 6.45) is 7.31. The molecule has 6 rings (SSSR count). The molecule has 6 aromatic carbocycles. The monoisotopic (exact) mass is 929 g/mol. The van der Waals surface area contributed by atoms with Gasteiger partial charge in [0.2, 0.25) is 0 Å². The van der Waals surface area contributed by atoms with Crippen LogP contribution >= 0.6 is 31.9 Å². The summed E-state index contributed by atoms with van der Waals surface area (Å²) in [7, 11) is 6.59. The minimum atomic E-state index is 0. The molecule has 0 aliphatic rings. The second-order valence-corrected chi connectivity index (χ2v) is 13.5. The molecule has 8 nitrogen and oxygen atoms in total. The molecule has 0 saturated carbocycles. The van der Waals surface area contributed by atoms with Gasteiger partial charge in [-0.05, 0) is 108 Å². The zero-order valence-corrected chi connectivity index (χ0v) is 35.9. The first-order valence-corrected chi connectivity index (χ1v) is 18.9. The van der Waals surface area contributed by atoms with Crippen LogP contribution in [0.5, 0.6) is 23.0 Å². The molecule has 0 fully saturated rings. The Balaban J connectivity index is 0.000000248. The molecule has 0 saturated heterocycles. The first-order chi connectivity index (χ1) is 27.3. The molecular formula is C46H40Br2CoN4O4. The Labute approximate surface area is 361 Å². The van der Waals surface area contributed by atoms with E-state index in [-0.39, 0.29) is 16.8 Å². The number of allylic oxidation sites excluding steroid dienone is 2. The average Bonchev–Trinajstić information content (AvgIpc) is 3.25. The van der Waals surface area contributed by atoms with Gasteiger partial charge in [-0.1, -0.05) is 92.5 Å². The summed E-state index contributed by atoms with van der Waals surface area (Å²) in [6, 6.07) is 46.5. The topological polar surface area (TPSA) is 89.8 Å². The average molecular weight is 932 g/mol. The fourth-order valence-corrected chi connectivity index (χ4v) is 5.48. The van der Waals surface area contributed by atoms with Gasteiger partial charge in [-0.3, -0.25) is 9.98 Å². The molecule has 0 heterocycles. The van der Waals surface area contributed by atoms with Crippen LogP contribution in [0.3, 0.4) is 0 Å². The van der Waals surface area contributed by atoms with Crippen LogP contribution in [-0.2, 0) is 16.8 Å². The summed E-state index contributed by atoms with van der Waals surface area (Å²) < 4.78 is 22.8. The minimum Gasteiger partial charge on any atom is -0.657 e. The third-order valence-corrected chi connectivity index (χ3v) is 9.04. The SMILES string of the molecule is COc1ccc(N=CC=C([N-]c2ccc(OC)cc2)c2ccc(Br)cc2)cc1.COc1ccc(N=CC=C([N-]c2ccc(OC)cc2)c2ccc(Br)cc2)cc1.[Co+2]. The molecule has 0 bridgehead atoms. The molecule has 0 atom stereocenters. The molecule has 1 radical (unpaired) electrons. The van der Waals surface area contributed by atoms with Crippen LogP contribution in [0.4, 0.5) is 22.7 Å². The number of nitrogens with zero attached hydrogens (tertiary/aromatic N) is 4. The predicted octanol–water partition coefficient (Wildman–Crippen LogP) is 13.8. The van der Waals surface area contributed by atoms with E-state index in [2.05, 4.69) is 41.8 Å². The van der Waals surface area contributed by atoms with Gasteiger partial charge in [-0.2, -0.15) is 0 Å². The van der Waals surface area contributed by atoms with Crippen molar-refractivity contribution in [3.8, 4) is 23.0 Å². The molecule has 0 aliphatic carbocycles. The zero-order chi connectivity index (χ0) is 39.5. The van der Waals surface area contributed by atoms with Gasteiger partial charge in [0.05, 0.1) is 39.8 Å². The van der Waals surface area contributed by atoms with E-state index in [0.717, 1.165) is 77.2 Å². The van der Waals surface area contributed by atoms with E-state index in [1.165, 1.54) is 0 Å². The number of rotatable bonds is 14. The van der Waals surface area contributed by atoms with Crippen molar-refractivity contribution < 1.29 is 35.7 Å². The Bertz CT molecular complexity index is 2060. The number of hydrogen-bond acceptors (Lipinski definition) is 6. The molecule has 11 heteroatoms. The normalized spacial score (nSPS) is 11.3. The van der Waals surface area contributed by atoms with Gasteiger partial charge in [0.25, 0.3) is 0 Å². The molecule has 0 aliphatic heterocycles. The van der Waals surface area contributed by atoms with Gasteiger partial charge in [0.1, 0.15) is 23.0 Å². The minimum absolute atomic E-state index is 0. The van der Waals surface area contributed by atoms with Crippen molar-refractivity contribution in [3.63, 3.8) is 0 Å². The number of benzene rings is 6. The van der Waals surface area contributed by atoms with Crippen LogP contribution in [0.1, 0.15) is 11.1 Å². The third-order valence-electron chi connectivity index (χ3n) is 7.98. The number of methoxy groups -OCH3 is 4. The van der Waals surface area contributed by atoms with Crippen molar-refractivity contribution in [1.82, 2.24) is 0 Å². The smallest absolute Gasteiger partial charge is 0.657 e. The maximum atomic E-state index is 5.21. The Morgan fingerprint density at radius 2 is 0.702 bits per heavy atom. The number of ether oxygens (including phenoxy) is 4. The van der Waals surface area contributed by atoms with E-state index in [1.54, 1.807) is 40.9 Å². The summed E-state index contributed by atoms with van der Waals surface area (Å²) in [4.78, 5) is 8.97. The maximum absolute atomic E-state index is 5.21. The summed E-state index contributed by atoms with van der Waals surface area (Å²) in [6.45, 7) is 0. The van der Waals surface area contributed by atoms with Gasteiger partial charge < -0.3 is 29.6 Å². The van der Waals surface area contributed by atoms with Crippen molar-refractivity contribution in [2.75, 3.05) is 28.4 Å². The zero-order valence-electron chi connectivity index (χ0n) is 31.7. The van der Waals surface area contributed by atoms with Crippen LogP contribution in [-0.4, -0.2) is 40.9 Å². The second kappa shape index (κ2) is 23.5. The molecule has 6 aromatic rings. The Morgan fingerprint density at radius 3 is 0.982 bits per heavy atom. The van der Waals surface area contributed by atoms with Crippen LogP contribution in [0.2, 0.25) is 0 Å². The fourth-order valence-electron chi connectivity index (χ4n) is 4.95. The molecular weight excluding hydrogens is 891 g/mol. The summed E-state index contributed by atoms with van der Waals surface area (Å²) >= 11 is 6.94. The summed E-state index contributed by atoms with van der Waals surface area (Å²) in [5, 5.41) is 9.54. The third kappa shape index (κ3) is 14.5.